The standard InChI is InChI=1S/C20H26N2O2S/c1-6-21-17(23)15-12-16(24-18(15)22(7-2)19(21)25)13-8-10-14(11-9-13)20(3,4)5/h8-11,16H,6-7,12H2,1-5H3. The summed E-state index contributed by atoms with van der Waals surface area (Å²) < 4.78 is 10.3. The highest BCUT2D eigenvalue weighted by molar-refractivity contribution is 7.71. The molecule has 1 aliphatic rings. The molecule has 3 rings (SSSR count). The second kappa shape index (κ2) is 6.45. The number of nitrogens with zero attached hydrogens (tertiary/aromatic N) is 2. The zero-order valence-electron chi connectivity index (χ0n) is 15.6. The molecule has 0 fully saturated rings. The van der Waals surface area contributed by atoms with Gasteiger partial charge in [0.25, 0.3) is 5.56 Å². The van der Waals surface area contributed by atoms with E-state index >= 15 is 0 Å². The van der Waals surface area contributed by atoms with E-state index in [1.807, 2.05) is 18.4 Å². The van der Waals surface area contributed by atoms with Crippen LogP contribution >= 0.6 is 12.2 Å². The zero-order valence-corrected chi connectivity index (χ0v) is 16.4. The van der Waals surface area contributed by atoms with Crippen LogP contribution in [0.2, 0.25) is 0 Å². The lowest BCUT2D eigenvalue weighted by Gasteiger charge is -2.20. The van der Waals surface area contributed by atoms with Gasteiger partial charge < -0.3 is 4.74 Å². The molecule has 0 bridgehead atoms. The van der Waals surface area contributed by atoms with Gasteiger partial charge in [-0.2, -0.15) is 0 Å². The van der Waals surface area contributed by atoms with Crippen LogP contribution in [0.5, 0.6) is 5.88 Å². The number of hydrogen-bond acceptors (Lipinski definition) is 3. The van der Waals surface area contributed by atoms with Crippen molar-refractivity contribution in [1.29, 1.82) is 0 Å². The SMILES string of the molecule is CCn1c2c(c(=O)n(CC)c1=S)CC(c1ccc(C(C)(C)C)cc1)O2. The topological polar surface area (TPSA) is 36.2 Å². The molecule has 2 aromatic rings. The summed E-state index contributed by atoms with van der Waals surface area (Å²) in [5.41, 5.74) is 3.23. The molecule has 0 saturated carbocycles. The average molecular weight is 359 g/mol. The predicted octanol–water partition coefficient (Wildman–Crippen LogP) is 4.39. The van der Waals surface area contributed by atoms with E-state index in [0.29, 0.717) is 30.2 Å². The second-order valence-corrected chi connectivity index (χ2v) is 7.91. The molecular weight excluding hydrogens is 332 g/mol. The van der Waals surface area contributed by atoms with Gasteiger partial charge in [-0.25, -0.2) is 0 Å². The monoisotopic (exact) mass is 358 g/mol. The number of hydrogen-bond donors (Lipinski definition) is 0. The largest absolute Gasteiger partial charge is 0.470 e. The first-order valence-corrected chi connectivity index (χ1v) is 9.32. The van der Waals surface area contributed by atoms with Crippen LogP contribution in [-0.4, -0.2) is 9.13 Å². The van der Waals surface area contributed by atoms with E-state index in [0.717, 1.165) is 11.1 Å². The Morgan fingerprint density at radius 1 is 1.12 bits per heavy atom. The minimum absolute atomic E-state index is 0.0130. The molecule has 25 heavy (non-hydrogen) atoms. The molecule has 5 heteroatoms. The Balaban J connectivity index is 2.00. The first kappa shape index (κ1) is 17.9. The minimum atomic E-state index is -0.128. The van der Waals surface area contributed by atoms with Crippen LogP contribution in [-0.2, 0) is 24.9 Å². The van der Waals surface area contributed by atoms with Crippen molar-refractivity contribution < 1.29 is 4.74 Å². The lowest BCUT2D eigenvalue weighted by molar-refractivity contribution is 0.219. The van der Waals surface area contributed by atoms with Gasteiger partial charge in [0.05, 0.1) is 5.56 Å². The summed E-state index contributed by atoms with van der Waals surface area (Å²) in [6.45, 7) is 11.8. The van der Waals surface area contributed by atoms with Gasteiger partial charge in [-0.05, 0) is 42.6 Å². The number of fused-ring (bicyclic) bond motifs is 1. The third-order valence-electron chi connectivity index (χ3n) is 4.89. The molecule has 0 amide bonds. The Morgan fingerprint density at radius 3 is 2.24 bits per heavy atom. The van der Waals surface area contributed by atoms with Crippen molar-refractivity contribution in [1.82, 2.24) is 9.13 Å². The first-order valence-electron chi connectivity index (χ1n) is 8.91. The fourth-order valence-corrected chi connectivity index (χ4v) is 3.77. The van der Waals surface area contributed by atoms with Crippen LogP contribution in [0.3, 0.4) is 0 Å². The van der Waals surface area contributed by atoms with Gasteiger partial charge in [-0.15, -0.1) is 0 Å². The summed E-state index contributed by atoms with van der Waals surface area (Å²) >= 11 is 5.48. The van der Waals surface area contributed by atoms with E-state index < -0.39 is 0 Å². The smallest absolute Gasteiger partial charge is 0.261 e. The maximum absolute atomic E-state index is 12.7. The molecule has 0 spiro atoms. The van der Waals surface area contributed by atoms with Crippen LogP contribution in [0.25, 0.3) is 0 Å². The Morgan fingerprint density at radius 2 is 1.72 bits per heavy atom. The van der Waals surface area contributed by atoms with E-state index in [1.54, 1.807) is 4.57 Å². The Bertz CT molecular complexity index is 902. The van der Waals surface area contributed by atoms with E-state index in [1.165, 1.54) is 5.56 Å². The number of benzene rings is 1. The Hall–Kier alpha value is -1.88. The molecule has 4 nitrogen and oxygen atoms in total. The van der Waals surface area contributed by atoms with Gasteiger partial charge in [-0.1, -0.05) is 45.0 Å². The third kappa shape index (κ3) is 3.06. The highest BCUT2D eigenvalue weighted by Crippen LogP contribution is 2.35. The van der Waals surface area contributed by atoms with Gasteiger partial charge in [-0.3, -0.25) is 13.9 Å². The number of ether oxygens (including phenoxy) is 1. The summed E-state index contributed by atoms with van der Waals surface area (Å²) in [6, 6.07) is 8.53. The van der Waals surface area contributed by atoms with Crippen molar-refractivity contribution >= 4 is 12.2 Å². The molecule has 1 aliphatic heterocycles. The molecule has 0 N–H and O–H groups in total. The van der Waals surface area contributed by atoms with E-state index in [9.17, 15) is 4.79 Å². The lowest BCUT2D eigenvalue weighted by atomic mass is 9.86. The van der Waals surface area contributed by atoms with Gasteiger partial charge in [0.2, 0.25) is 5.88 Å². The molecule has 0 aliphatic carbocycles. The van der Waals surface area contributed by atoms with Gasteiger partial charge in [0, 0.05) is 19.5 Å². The second-order valence-electron chi connectivity index (χ2n) is 7.54. The number of rotatable bonds is 3. The van der Waals surface area contributed by atoms with Crippen LogP contribution < -0.4 is 10.3 Å². The van der Waals surface area contributed by atoms with Crippen LogP contribution in [0.1, 0.15) is 57.4 Å². The predicted molar refractivity (Wildman–Crippen MR) is 103 cm³/mol. The summed E-state index contributed by atoms with van der Waals surface area (Å²) in [6.07, 6.45) is 0.468. The van der Waals surface area contributed by atoms with E-state index in [-0.39, 0.29) is 17.1 Å². The Labute approximate surface area is 154 Å². The molecule has 134 valence electrons. The van der Waals surface area contributed by atoms with Crippen molar-refractivity contribution in [2.75, 3.05) is 0 Å². The summed E-state index contributed by atoms with van der Waals surface area (Å²) in [4.78, 5) is 12.7. The first-order chi connectivity index (χ1) is 11.8. The van der Waals surface area contributed by atoms with Crippen molar-refractivity contribution in [3.05, 3.63) is 56.1 Å². The molecule has 0 radical (unpaired) electrons. The van der Waals surface area contributed by atoms with E-state index in [4.69, 9.17) is 17.0 Å². The normalized spacial score (nSPS) is 16.6. The van der Waals surface area contributed by atoms with Crippen LogP contribution in [0.15, 0.2) is 29.1 Å². The molecule has 1 unspecified atom stereocenters. The highest BCUT2D eigenvalue weighted by atomic mass is 32.1. The fraction of sp³-hybridized carbons (Fsp3) is 0.500. The maximum atomic E-state index is 12.7. The van der Waals surface area contributed by atoms with Crippen LogP contribution in [0, 0.1) is 4.77 Å². The summed E-state index contributed by atoms with van der Waals surface area (Å²) in [7, 11) is 0. The zero-order chi connectivity index (χ0) is 18.4. The van der Waals surface area contributed by atoms with Gasteiger partial charge >= 0.3 is 0 Å². The average Bonchev–Trinajstić information content (AvgIpc) is 3.00. The highest BCUT2D eigenvalue weighted by Gasteiger charge is 2.31. The molecular formula is C20H26N2O2S. The van der Waals surface area contributed by atoms with Crippen molar-refractivity contribution in [2.24, 2.45) is 0 Å². The molecule has 1 atom stereocenters. The number of aromatic nitrogens is 2. The van der Waals surface area contributed by atoms with Crippen molar-refractivity contribution in [3.8, 4) is 5.88 Å². The Kier molecular flexibility index (Phi) is 4.62. The quantitative estimate of drug-likeness (QED) is 0.763. The van der Waals surface area contributed by atoms with Crippen molar-refractivity contribution in [3.63, 3.8) is 0 Å². The molecule has 1 aromatic heterocycles. The van der Waals surface area contributed by atoms with Gasteiger partial charge in [0.15, 0.2) is 4.77 Å². The lowest BCUT2D eigenvalue weighted by Crippen LogP contribution is -2.26. The minimum Gasteiger partial charge on any atom is -0.470 e. The summed E-state index contributed by atoms with van der Waals surface area (Å²) in [5, 5.41) is 0. The molecule has 2 heterocycles. The fourth-order valence-electron chi connectivity index (χ4n) is 3.35. The van der Waals surface area contributed by atoms with Crippen LogP contribution in [0.4, 0.5) is 0 Å². The van der Waals surface area contributed by atoms with Crippen molar-refractivity contribution in [2.45, 2.75) is 65.6 Å². The molecule has 1 aromatic carbocycles. The summed E-state index contributed by atoms with van der Waals surface area (Å²) in [5.74, 6) is 0.645. The van der Waals surface area contributed by atoms with Gasteiger partial charge in [0.1, 0.15) is 6.10 Å². The maximum Gasteiger partial charge on any atom is 0.261 e. The molecule has 0 saturated heterocycles. The third-order valence-corrected chi connectivity index (χ3v) is 5.33. The van der Waals surface area contributed by atoms with E-state index in [2.05, 4.69) is 45.0 Å².